The van der Waals surface area contributed by atoms with E-state index >= 15 is 0 Å². The van der Waals surface area contributed by atoms with E-state index in [1.807, 2.05) is 0 Å². The van der Waals surface area contributed by atoms with Crippen LogP contribution in [0.2, 0.25) is 0 Å². The molecule has 0 spiro atoms. The van der Waals surface area contributed by atoms with E-state index in [2.05, 4.69) is 30.0 Å². The maximum absolute atomic E-state index is 11.9. The first kappa shape index (κ1) is 11.0. The maximum Gasteiger partial charge on any atom is 0.0490 e. The zero-order valence-corrected chi connectivity index (χ0v) is 9.86. The molecule has 0 unspecified atom stereocenters. The molecule has 4 heteroatoms. The van der Waals surface area contributed by atoms with Gasteiger partial charge in [-0.15, -0.1) is 0 Å². The number of nitrogens with zero attached hydrogens (tertiary/aromatic N) is 2. The lowest BCUT2D eigenvalue weighted by Gasteiger charge is -2.38. The van der Waals surface area contributed by atoms with Crippen molar-refractivity contribution in [3.05, 3.63) is 0 Å². The summed E-state index contributed by atoms with van der Waals surface area (Å²) < 4.78 is 15.9. The molecule has 0 atom stereocenters. The summed E-state index contributed by atoms with van der Waals surface area (Å²) in [6, 6.07) is 0. The Morgan fingerprint density at radius 3 is 2.00 bits per heavy atom. The van der Waals surface area contributed by atoms with Gasteiger partial charge in [0.25, 0.3) is 0 Å². The third-order valence-corrected chi connectivity index (χ3v) is 4.95. The normalized spacial score (nSPS) is 24.3. The molecular formula is C9H20N2OS. The molecule has 0 aromatic carbocycles. The van der Waals surface area contributed by atoms with Crippen LogP contribution >= 0.6 is 0 Å². The van der Waals surface area contributed by atoms with Crippen LogP contribution in [0.15, 0.2) is 4.36 Å². The van der Waals surface area contributed by atoms with Gasteiger partial charge in [-0.2, -0.15) is 0 Å². The molecule has 13 heavy (non-hydrogen) atoms. The van der Waals surface area contributed by atoms with Crippen LogP contribution in [0.5, 0.6) is 0 Å². The van der Waals surface area contributed by atoms with Gasteiger partial charge in [-0.25, -0.2) is 8.57 Å². The summed E-state index contributed by atoms with van der Waals surface area (Å²) in [5.74, 6) is 1.47. The largest absolute Gasteiger partial charge is 0.297 e. The fraction of sp³-hybridized carbons (Fsp3) is 1.00. The van der Waals surface area contributed by atoms with Crippen LogP contribution in [0, 0.1) is 0 Å². The second-order valence-corrected chi connectivity index (χ2v) is 7.25. The van der Waals surface area contributed by atoms with Crippen molar-refractivity contribution in [3.63, 3.8) is 0 Å². The summed E-state index contributed by atoms with van der Waals surface area (Å²) >= 11 is 0. The minimum Gasteiger partial charge on any atom is -0.297 e. The molecule has 0 aromatic rings. The van der Waals surface area contributed by atoms with Crippen molar-refractivity contribution < 1.29 is 4.21 Å². The second-order valence-electron chi connectivity index (χ2n) is 4.52. The van der Waals surface area contributed by atoms with E-state index in [0.29, 0.717) is 0 Å². The van der Waals surface area contributed by atoms with Gasteiger partial charge in [0.05, 0.1) is 0 Å². The van der Waals surface area contributed by atoms with Gasteiger partial charge in [0.2, 0.25) is 0 Å². The molecule has 1 rings (SSSR count). The van der Waals surface area contributed by atoms with Crippen LogP contribution in [-0.2, 0) is 9.73 Å². The highest BCUT2D eigenvalue weighted by molar-refractivity contribution is 7.93. The summed E-state index contributed by atoms with van der Waals surface area (Å²) in [5.41, 5.74) is 0.203. The number of rotatable bonds is 0. The van der Waals surface area contributed by atoms with Crippen LogP contribution < -0.4 is 0 Å². The summed E-state index contributed by atoms with van der Waals surface area (Å²) in [6.07, 6.45) is 0. The highest BCUT2D eigenvalue weighted by Gasteiger charge is 2.27. The summed E-state index contributed by atoms with van der Waals surface area (Å²) in [6.45, 7) is 8.43. The van der Waals surface area contributed by atoms with Crippen molar-refractivity contribution >= 4 is 9.73 Å². The summed E-state index contributed by atoms with van der Waals surface area (Å²) in [5, 5.41) is 0. The van der Waals surface area contributed by atoms with Crippen LogP contribution in [0.1, 0.15) is 20.8 Å². The SMILES string of the molecule is CN=S1(=O)CCN(C(C)(C)C)CC1. The molecule has 1 aliphatic heterocycles. The molecule has 0 bridgehead atoms. The van der Waals surface area contributed by atoms with Gasteiger partial charge in [-0.1, -0.05) is 0 Å². The molecule has 3 nitrogen and oxygen atoms in total. The Kier molecular flexibility index (Phi) is 3.02. The molecule has 0 radical (unpaired) electrons. The van der Waals surface area contributed by atoms with Crippen LogP contribution in [0.25, 0.3) is 0 Å². The minimum absolute atomic E-state index is 0.203. The molecule has 78 valence electrons. The van der Waals surface area contributed by atoms with Gasteiger partial charge in [0.15, 0.2) is 0 Å². The van der Waals surface area contributed by atoms with E-state index < -0.39 is 9.73 Å². The Morgan fingerprint density at radius 2 is 1.69 bits per heavy atom. The molecule has 1 fully saturated rings. The van der Waals surface area contributed by atoms with E-state index in [1.54, 1.807) is 7.05 Å². The lowest BCUT2D eigenvalue weighted by atomic mass is 10.1. The Labute approximate surface area is 81.7 Å². The fourth-order valence-electron chi connectivity index (χ4n) is 1.57. The monoisotopic (exact) mass is 204 g/mol. The molecule has 1 saturated heterocycles. The van der Waals surface area contributed by atoms with Crippen LogP contribution in [0.3, 0.4) is 0 Å². The summed E-state index contributed by atoms with van der Waals surface area (Å²) in [4.78, 5) is 2.38. The lowest BCUT2D eigenvalue weighted by molar-refractivity contribution is 0.151. The second kappa shape index (κ2) is 3.58. The predicted octanol–water partition coefficient (Wildman–Crippen LogP) is 1.20. The first-order chi connectivity index (χ1) is 5.87. The van der Waals surface area contributed by atoms with Crippen molar-refractivity contribution in [2.75, 3.05) is 31.6 Å². The molecule has 0 aromatic heterocycles. The third-order valence-electron chi connectivity index (χ3n) is 2.64. The molecule has 0 amide bonds. The maximum atomic E-state index is 11.9. The fourth-order valence-corrected chi connectivity index (χ4v) is 3.15. The van der Waals surface area contributed by atoms with Crippen LogP contribution in [0.4, 0.5) is 0 Å². The van der Waals surface area contributed by atoms with Gasteiger partial charge in [-0.3, -0.25) is 4.90 Å². The minimum atomic E-state index is -1.84. The van der Waals surface area contributed by atoms with Crippen molar-refractivity contribution in [2.24, 2.45) is 4.36 Å². The Hall–Kier alpha value is -0.0900. The average Bonchev–Trinajstić information content (AvgIpc) is 2.04. The summed E-state index contributed by atoms with van der Waals surface area (Å²) in [7, 11) is -0.162. The van der Waals surface area contributed by atoms with E-state index in [0.717, 1.165) is 24.6 Å². The Balaban J connectivity index is 2.64. The topological polar surface area (TPSA) is 32.7 Å². The predicted molar refractivity (Wildman–Crippen MR) is 57.6 cm³/mol. The van der Waals surface area contributed by atoms with E-state index in [9.17, 15) is 4.21 Å². The highest BCUT2D eigenvalue weighted by atomic mass is 32.2. The molecule has 0 saturated carbocycles. The van der Waals surface area contributed by atoms with Gasteiger partial charge < -0.3 is 0 Å². The smallest absolute Gasteiger partial charge is 0.0490 e. The standard InChI is InChI=1S/C9H20N2OS/c1-9(2,3)11-5-7-13(12,10-4)8-6-11/h5-8H2,1-4H3. The lowest BCUT2D eigenvalue weighted by Crippen LogP contribution is -2.49. The average molecular weight is 204 g/mol. The van der Waals surface area contributed by atoms with Crippen molar-refractivity contribution in [1.82, 2.24) is 4.90 Å². The zero-order chi connectivity index (χ0) is 10.1. The third kappa shape index (κ3) is 2.68. The van der Waals surface area contributed by atoms with E-state index in [4.69, 9.17) is 0 Å². The van der Waals surface area contributed by atoms with Gasteiger partial charge in [0, 0.05) is 46.9 Å². The number of hydrogen-bond acceptors (Lipinski definition) is 3. The molecular weight excluding hydrogens is 184 g/mol. The Bertz CT molecular complexity index is 270. The van der Waals surface area contributed by atoms with Gasteiger partial charge in [-0.05, 0) is 20.8 Å². The van der Waals surface area contributed by atoms with Crippen LogP contribution in [-0.4, -0.2) is 46.3 Å². The van der Waals surface area contributed by atoms with Crippen molar-refractivity contribution in [2.45, 2.75) is 26.3 Å². The Morgan fingerprint density at radius 1 is 1.23 bits per heavy atom. The molecule has 1 aliphatic rings. The number of hydrogen-bond donors (Lipinski definition) is 0. The quantitative estimate of drug-likeness (QED) is 0.594. The van der Waals surface area contributed by atoms with Gasteiger partial charge >= 0.3 is 0 Å². The van der Waals surface area contributed by atoms with Crippen molar-refractivity contribution in [1.29, 1.82) is 0 Å². The highest BCUT2D eigenvalue weighted by Crippen LogP contribution is 2.17. The van der Waals surface area contributed by atoms with E-state index in [-0.39, 0.29) is 5.54 Å². The first-order valence-electron chi connectivity index (χ1n) is 4.73. The zero-order valence-electron chi connectivity index (χ0n) is 9.04. The molecule has 1 heterocycles. The molecule has 0 N–H and O–H groups in total. The van der Waals surface area contributed by atoms with E-state index in [1.165, 1.54) is 0 Å². The molecule has 0 aliphatic carbocycles. The van der Waals surface area contributed by atoms with Crippen molar-refractivity contribution in [3.8, 4) is 0 Å². The first-order valence-corrected chi connectivity index (χ1v) is 6.58. The van der Waals surface area contributed by atoms with Gasteiger partial charge in [0.1, 0.15) is 0 Å².